The van der Waals surface area contributed by atoms with E-state index >= 15 is 0 Å². The van der Waals surface area contributed by atoms with Gasteiger partial charge in [0.05, 0.1) is 20.3 Å². The topological polar surface area (TPSA) is 27.7 Å². The van der Waals surface area contributed by atoms with Gasteiger partial charge in [-0.3, -0.25) is 0 Å². The summed E-state index contributed by atoms with van der Waals surface area (Å²) in [6.07, 6.45) is 0. The number of benzene rings is 3. The third-order valence-electron chi connectivity index (χ3n) is 5.04. The summed E-state index contributed by atoms with van der Waals surface area (Å²) in [5, 5.41) is 0. The molecule has 0 saturated carbocycles. The number of hydrogen-bond donors (Lipinski definition) is 0. The molecule has 1 aliphatic heterocycles. The molecule has 1 fully saturated rings. The lowest BCUT2D eigenvalue weighted by atomic mass is 9.95. The van der Waals surface area contributed by atoms with Gasteiger partial charge in [-0.15, -0.1) is 0 Å². The number of hydrogen-bond acceptors (Lipinski definition) is 3. The molecule has 0 aliphatic carbocycles. The van der Waals surface area contributed by atoms with E-state index in [0.717, 1.165) is 5.56 Å². The van der Waals surface area contributed by atoms with Crippen molar-refractivity contribution in [1.82, 2.24) is 0 Å². The van der Waals surface area contributed by atoms with E-state index < -0.39 is 11.6 Å². The van der Waals surface area contributed by atoms with Gasteiger partial charge in [0, 0.05) is 11.5 Å². The maximum Gasteiger partial charge on any atom is 0.201 e. The molecule has 6 heteroatoms. The third kappa shape index (κ3) is 3.86. The van der Waals surface area contributed by atoms with Gasteiger partial charge < -0.3 is 14.2 Å². The van der Waals surface area contributed by atoms with Crippen LogP contribution in [0.3, 0.4) is 0 Å². The van der Waals surface area contributed by atoms with Gasteiger partial charge in [-0.1, -0.05) is 36.4 Å². The van der Waals surface area contributed by atoms with Gasteiger partial charge in [-0.2, -0.15) is 4.39 Å². The van der Waals surface area contributed by atoms with Crippen molar-refractivity contribution in [2.45, 2.75) is 5.92 Å². The van der Waals surface area contributed by atoms with Crippen molar-refractivity contribution in [3.05, 3.63) is 77.6 Å². The van der Waals surface area contributed by atoms with Crippen LogP contribution in [0.2, 0.25) is 0 Å². The lowest BCUT2D eigenvalue weighted by Crippen LogP contribution is -2.23. The minimum atomic E-state index is -1.03. The monoisotopic (exact) mass is 400 g/mol. The summed E-state index contributed by atoms with van der Waals surface area (Å²) in [6, 6.07) is 14.7. The second-order valence-corrected chi connectivity index (χ2v) is 6.81. The first-order chi connectivity index (χ1) is 14.1. The van der Waals surface area contributed by atoms with E-state index in [1.165, 1.54) is 25.3 Å². The second kappa shape index (κ2) is 8.27. The minimum absolute atomic E-state index is 0.131. The molecule has 3 nitrogen and oxygen atoms in total. The highest BCUT2D eigenvalue weighted by Crippen LogP contribution is 2.32. The Bertz CT molecular complexity index is 1010. The third-order valence-corrected chi connectivity index (χ3v) is 5.04. The van der Waals surface area contributed by atoms with Crippen LogP contribution in [-0.2, 0) is 9.47 Å². The zero-order valence-corrected chi connectivity index (χ0v) is 15.8. The van der Waals surface area contributed by atoms with E-state index in [1.807, 2.05) is 6.07 Å². The molecular weight excluding hydrogens is 381 g/mol. The van der Waals surface area contributed by atoms with E-state index in [1.54, 1.807) is 30.3 Å². The van der Waals surface area contributed by atoms with Crippen LogP contribution in [-0.4, -0.2) is 27.1 Å². The van der Waals surface area contributed by atoms with Crippen LogP contribution in [0.25, 0.3) is 22.3 Å². The van der Waals surface area contributed by atoms with E-state index in [2.05, 4.69) is 0 Å². The molecule has 0 bridgehead atoms. The molecule has 1 saturated heterocycles. The van der Waals surface area contributed by atoms with E-state index in [0.29, 0.717) is 29.9 Å². The molecule has 0 N–H and O–H groups in total. The molecule has 0 spiro atoms. The van der Waals surface area contributed by atoms with Crippen molar-refractivity contribution in [2.75, 3.05) is 27.1 Å². The van der Waals surface area contributed by atoms with Crippen LogP contribution >= 0.6 is 0 Å². The molecule has 3 aromatic rings. The molecular formula is C23H19F3O3. The summed E-state index contributed by atoms with van der Waals surface area (Å²) < 4.78 is 58.2. The molecule has 1 aliphatic rings. The lowest BCUT2D eigenvalue weighted by Gasteiger charge is -2.23. The van der Waals surface area contributed by atoms with Crippen LogP contribution in [0, 0.1) is 17.5 Å². The first-order valence-corrected chi connectivity index (χ1v) is 9.16. The van der Waals surface area contributed by atoms with Crippen molar-refractivity contribution in [3.63, 3.8) is 0 Å². The zero-order chi connectivity index (χ0) is 20.4. The lowest BCUT2D eigenvalue weighted by molar-refractivity contribution is -0.108. The fourth-order valence-corrected chi connectivity index (χ4v) is 3.46. The summed E-state index contributed by atoms with van der Waals surface area (Å²) in [4.78, 5) is 0. The van der Waals surface area contributed by atoms with Crippen molar-refractivity contribution in [2.24, 2.45) is 0 Å². The van der Waals surface area contributed by atoms with E-state index in [4.69, 9.17) is 14.2 Å². The van der Waals surface area contributed by atoms with Crippen LogP contribution in [0.5, 0.6) is 5.75 Å². The van der Waals surface area contributed by atoms with Gasteiger partial charge >= 0.3 is 0 Å². The van der Waals surface area contributed by atoms with Crippen molar-refractivity contribution in [3.8, 4) is 28.0 Å². The highest BCUT2D eigenvalue weighted by Gasteiger charge is 2.20. The van der Waals surface area contributed by atoms with E-state index in [9.17, 15) is 13.2 Å². The quantitative estimate of drug-likeness (QED) is 0.576. The van der Waals surface area contributed by atoms with Gasteiger partial charge in [-0.05, 0) is 40.5 Å². The van der Waals surface area contributed by atoms with Crippen molar-refractivity contribution < 1.29 is 27.4 Å². The molecule has 3 aromatic carbocycles. The van der Waals surface area contributed by atoms with Crippen molar-refractivity contribution >= 4 is 0 Å². The highest BCUT2D eigenvalue weighted by molar-refractivity contribution is 5.71. The summed E-state index contributed by atoms with van der Waals surface area (Å²) in [6.45, 7) is 1.09. The average molecular weight is 400 g/mol. The van der Waals surface area contributed by atoms with Gasteiger partial charge in [0.15, 0.2) is 11.6 Å². The second-order valence-electron chi connectivity index (χ2n) is 6.81. The number of methoxy groups -OCH3 is 1. The molecule has 29 heavy (non-hydrogen) atoms. The Morgan fingerprint density at radius 1 is 0.793 bits per heavy atom. The standard InChI is InChI=1S/C23H19F3O3/c1-27-21-9-8-19(22(25)23(21)26)15-4-2-14(3-5-15)16-6-7-18(20(24)10-16)17-11-28-13-29-12-17/h2-10,17H,11-13H2,1H3. The predicted molar refractivity (Wildman–Crippen MR) is 103 cm³/mol. The van der Waals surface area contributed by atoms with Crippen LogP contribution in [0.1, 0.15) is 11.5 Å². The molecule has 4 rings (SSSR count). The number of ether oxygens (including phenoxy) is 3. The number of halogens is 3. The Kier molecular flexibility index (Phi) is 5.56. The maximum atomic E-state index is 14.6. The molecule has 0 atom stereocenters. The molecule has 0 unspecified atom stereocenters. The molecule has 0 radical (unpaired) electrons. The van der Waals surface area contributed by atoms with Gasteiger partial charge in [0.2, 0.25) is 5.82 Å². The molecule has 1 heterocycles. The normalized spacial score (nSPS) is 14.8. The Balaban J connectivity index is 1.60. The largest absolute Gasteiger partial charge is 0.494 e. The van der Waals surface area contributed by atoms with Crippen molar-refractivity contribution in [1.29, 1.82) is 0 Å². The Morgan fingerprint density at radius 3 is 2.10 bits per heavy atom. The van der Waals surface area contributed by atoms with E-state index in [-0.39, 0.29) is 29.8 Å². The first kappa shape index (κ1) is 19.5. The fraction of sp³-hybridized carbons (Fsp3) is 0.217. The fourth-order valence-electron chi connectivity index (χ4n) is 3.46. The van der Waals surface area contributed by atoms with Gasteiger partial charge in [0.25, 0.3) is 0 Å². The van der Waals surface area contributed by atoms with Crippen LogP contribution < -0.4 is 4.74 Å². The van der Waals surface area contributed by atoms with Crippen LogP contribution in [0.4, 0.5) is 13.2 Å². The SMILES string of the molecule is COc1ccc(-c2ccc(-c3ccc(C4COCOC4)c(F)c3)cc2)c(F)c1F. The molecule has 0 amide bonds. The zero-order valence-electron chi connectivity index (χ0n) is 15.8. The summed E-state index contributed by atoms with van der Waals surface area (Å²) in [7, 11) is 1.28. The Morgan fingerprint density at radius 2 is 1.45 bits per heavy atom. The predicted octanol–water partition coefficient (Wildman–Crippen LogP) is 5.53. The number of rotatable bonds is 4. The smallest absolute Gasteiger partial charge is 0.201 e. The summed E-state index contributed by atoms with van der Waals surface area (Å²) in [5.74, 6) is -2.60. The summed E-state index contributed by atoms with van der Waals surface area (Å²) >= 11 is 0. The van der Waals surface area contributed by atoms with Gasteiger partial charge in [-0.25, -0.2) is 8.78 Å². The Labute approximate surface area is 166 Å². The minimum Gasteiger partial charge on any atom is -0.494 e. The first-order valence-electron chi connectivity index (χ1n) is 9.16. The van der Waals surface area contributed by atoms with Gasteiger partial charge in [0.1, 0.15) is 12.6 Å². The highest BCUT2D eigenvalue weighted by atomic mass is 19.2. The Hall–Kier alpha value is -2.83. The molecule has 150 valence electrons. The van der Waals surface area contributed by atoms with Crippen LogP contribution in [0.15, 0.2) is 54.6 Å². The molecule has 0 aromatic heterocycles. The average Bonchev–Trinajstić information content (AvgIpc) is 2.76. The maximum absolute atomic E-state index is 14.6. The summed E-state index contributed by atoms with van der Waals surface area (Å²) in [5.41, 5.74) is 2.66.